The molecule has 0 fully saturated rings. The topological polar surface area (TPSA) is 212 Å². The molecule has 0 radical (unpaired) electrons. The van der Waals surface area contributed by atoms with Crippen LogP contribution in [0.3, 0.4) is 0 Å². The van der Waals surface area contributed by atoms with Crippen molar-refractivity contribution >= 4 is 152 Å². The number of aromatic nitrogens is 2. The van der Waals surface area contributed by atoms with Crippen LogP contribution in [0, 0.1) is 23.7 Å². The monoisotopic (exact) mass is 1670 g/mol. The average Bonchev–Trinajstić information content (AvgIpc) is 0.685. The molecule has 0 N–H and O–H groups in total. The molecule has 0 saturated heterocycles. The number of halogens is 2. The summed E-state index contributed by atoms with van der Waals surface area (Å²) >= 11 is -0.472. The number of hydrogen-bond donors (Lipinski definition) is 0. The zero-order valence-electron chi connectivity index (χ0n) is 61.8. The van der Waals surface area contributed by atoms with E-state index in [0.717, 1.165) is 0 Å². The molecule has 21 heteroatoms. The van der Waals surface area contributed by atoms with E-state index in [9.17, 15) is 28.8 Å². The van der Waals surface area contributed by atoms with E-state index in [1.807, 2.05) is 104 Å². The van der Waals surface area contributed by atoms with Crippen LogP contribution in [0.4, 0.5) is 0 Å². The predicted molar refractivity (Wildman–Crippen MR) is 421 cm³/mol. The Balaban J connectivity index is 0.00000310. The van der Waals surface area contributed by atoms with E-state index < -0.39 is 40.1 Å². The van der Waals surface area contributed by atoms with Gasteiger partial charge in [-0.05, 0) is 146 Å². The summed E-state index contributed by atoms with van der Waals surface area (Å²) in [5, 5.41) is 9.67. The summed E-state index contributed by atoms with van der Waals surface area (Å²) in [6.07, 6.45) is 7.83. The van der Waals surface area contributed by atoms with Gasteiger partial charge in [-0.25, -0.2) is 0 Å². The first-order valence-electron chi connectivity index (χ1n) is 37.1. The van der Waals surface area contributed by atoms with Crippen LogP contribution in [0.2, 0.25) is 0 Å². The Labute approximate surface area is 645 Å². The second-order valence-corrected chi connectivity index (χ2v) is 31.1. The van der Waals surface area contributed by atoms with Crippen LogP contribution in [0.25, 0.3) is 97.6 Å². The second-order valence-electron chi connectivity index (χ2n) is 27.8. The molecule has 4 aliphatic heterocycles. The number of amides is 8. The first kappa shape index (κ1) is 74.0. The number of imide groups is 4. The maximum atomic E-state index is 15.1. The molecule has 554 valence electrons. The Morgan fingerprint density at radius 2 is 0.596 bits per heavy atom. The predicted octanol–water partition coefficient (Wildman–Crippen LogP) is 17.6. The Morgan fingerprint density at radius 1 is 0.330 bits per heavy atom. The van der Waals surface area contributed by atoms with Crippen molar-refractivity contribution in [1.29, 1.82) is 0 Å². The number of methoxy groups -OCH3 is 2. The van der Waals surface area contributed by atoms with E-state index in [4.69, 9.17) is 47.8 Å². The van der Waals surface area contributed by atoms with E-state index in [2.05, 4.69) is 23.7 Å². The molecule has 0 atom stereocenters. The van der Waals surface area contributed by atoms with Crippen molar-refractivity contribution in [2.45, 2.75) is 131 Å². The summed E-state index contributed by atoms with van der Waals surface area (Å²) in [4.78, 5) is 134. The van der Waals surface area contributed by atoms with Gasteiger partial charge in [0.15, 0.2) is 0 Å². The number of pyridine rings is 2. The number of carbonyl (C=O) groups is 8. The van der Waals surface area contributed by atoms with Crippen molar-refractivity contribution in [1.82, 2.24) is 29.6 Å². The zero-order chi connectivity index (χ0) is 76.7. The third-order valence-corrected chi connectivity index (χ3v) is 22.5. The van der Waals surface area contributed by atoms with Crippen LogP contribution in [0.5, 0.6) is 11.5 Å². The molecule has 2 aromatic heterocycles. The van der Waals surface area contributed by atoms with Crippen LogP contribution in [0.1, 0.15) is 212 Å². The molecule has 18 nitrogen and oxygen atoms in total. The maximum absolute atomic E-state index is 15.1. The molecular weight excluding hydrogens is 1600 g/mol. The number of carbonyl (C=O) groups excluding carboxylic acids is 8. The summed E-state index contributed by atoms with van der Waals surface area (Å²) in [6.45, 7) is 16.5. The van der Waals surface area contributed by atoms with Gasteiger partial charge in [0.25, 0.3) is 47.3 Å². The Morgan fingerprint density at radius 3 is 0.862 bits per heavy atom. The van der Waals surface area contributed by atoms with Crippen LogP contribution >= 0.6 is 18.8 Å². The van der Waals surface area contributed by atoms with Gasteiger partial charge >= 0.3 is 35.3 Å². The Bertz CT molecular complexity index is 5660. The molecule has 16 rings (SSSR count). The summed E-state index contributed by atoms with van der Waals surface area (Å²) in [7, 11) is 12.9. The molecule has 12 aromatic rings. The van der Waals surface area contributed by atoms with Crippen molar-refractivity contribution < 1.29 is 73.8 Å². The summed E-state index contributed by atoms with van der Waals surface area (Å²) in [5.74, 6) is 11.2. The molecule has 0 unspecified atom stereocenters. The van der Waals surface area contributed by atoms with Gasteiger partial charge in [-0.15, -0.1) is 0 Å². The van der Waals surface area contributed by atoms with Crippen molar-refractivity contribution in [2.75, 3.05) is 40.6 Å². The molecule has 109 heavy (non-hydrogen) atoms. The molecule has 10 aromatic carbocycles. The van der Waals surface area contributed by atoms with E-state index in [1.54, 1.807) is 75.1 Å². The second kappa shape index (κ2) is 29.9. The average molecular weight is 1680 g/mol. The van der Waals surface area contributed by atoms with E-state index in [-0.39, 0.29) is 74.2 Å². The Hall–Kier alpha value is -10.4. The molecule has 0 bridgehead atoms. The number of benzene rings is 10. The molecular formula is C88H76Cl2N6O12Pt. The summed E-state index contributed by atoms with van der Waals surface area (Å²) < 4.78 is 24.0. The SMILES string of the molecule is CCC(CC)N1C(=O)c2ccc3c4c(OCCOC)cc5c6c(ccc(c7c(C#Cc8ccc(-c9ccc(C#Cc%10cc%11c%12c(ccc%13c%14c(OCCOC)cc%15c%16c(ccc(c%10c%12%13)c%16%14)C(=O)N(C(CC)CC)C%15=O)C(=O)N(C(CC)CC)C%11=O)cn9)nc8)cc(c2c37)C1=O)c64)C(=O)N(C(CC)CC)C5=O.[Cl][Pt][Cl]. The first-order valence-corrected chi connectivity index (χ1v) is 42.7. The number of ether oxygens (including phenoxy) is 4. The molecule has 6 heterocycles. The minimum absolute atomic E-state index is 0.147. The normalized spacial score (nSPS) is 14.2. The fourth-order valence-corrected chi connectivity index (χ4v) is 17.3. The summed E-state index contributed by atoms with van der Waals surface area (Å²) in [6, 6.07) is 27.6. The van der Waals surface area contributed by atoms with Crippen LogP contribution in [-0.2, 0) is 26.0 Å². The number of fused-ring (bicyclic) bond motifs is 4. The fraction of sp³-hybridized carbons (Fsp3) is 0.295. The number of rotatable bonds is 21. The van der Waals surface area contributed by atoms with Gasteiger partial charge < -0.3 is 18.9 Å². The van der Waals surface area contributed by atoms with Crippen LogP contribution < -0.4 is 9.47 Å². The van der Waals surface area contributed by atoms with Gasteiger partial charge in [0, 0.05) is 171 Å². The van der Waals surface area contributed by atoms with Crippen molar-refractivity contribution in [2.24, 2.45) is 0 Å². The third kappa shape index (κ3) is 11.6. The fourth-order valence-electron chi connectivity index (χ4n) is 17.3. The van der Waals surface area contributed by atoms with Crippen molar-refractivity contribution in [3.63, 3.8) is 0 Å². The molecule has 4 aliphatic rings. The molecule has 8 amide bonds. The van der Waals surface area contributed by atoms with Gasteiger partial charge in [-0.1, -0.05) is 103 Å². The van der Waals surface area contributed by atoms with Crippen LogP contribution in [-0.4, -0.2) is 142 Å². The quantitative estimate of drug-likeness (QED) is 0.0215. The minimum atomic E-state index is -0.472. The van der Waals surface area contributed by atoms with Gasteiger partial charge in [0.05, 0.1) is 35.7 Å². The molecule has 0 saturated carbocycles. The third-order valence-electron chi connectivity index (χ3n) is 22.5. The first-order chi connectivity index (χ1) is 53.0. The van der Waals surface area contributed by atoms with E-state index in [0.29, 0.717) is 227 Å². The van der Waals surface area contributed by atoms with Gasteiger partial charge in [-0.3, -0.25) is 67.9 Å². The van der Waals surface area contributed by atoms with Crippen molar-refractivity contribution in [3.05, 3.63) is 176 Å². The number of hydrogen-bond acceptors (Lipinski definition) is 14. The number of nitrogens with zero attached hydrogens (tertiary/aromatic N) is 6. The zero-order valence-corrected chi connectivity index (χ0v) is 65.6. The standard InChI is InChI=1S/C88H76N6O12.2ClH.Pt/c1-11-49(12-2)91-81(95)57-31-27-55-75-67(105-37-35-103-9)41-63-73-59(83(97)93(87(63)101)51(15-5)16-6)29-25-53(79(73)75)69-47(39-61(85(91)99)71(57)77(55)69)23-19-45-21-33-65(89-43-45)66-34-22-46(44-90-66)20-24-48-40-62-72-58(82(96)92(86(62)100)50(13-3)14-4)32-28-56-76-68(106-38-36-104-10)42-64-74-60(30-26-54(80(74)76)70(48)78(56)72)84(98)94(88(64)102)52(17-7)18-8;;;/h21-22,25-34,39-44,49-52H,11-18,35-38H2,1-10H3;2*1H;/q;;;+2/p-2. The molecule has 0 aliphatic carbocycles. The van der Waals surface area contributed by atoms with Gasteiger partial charge in [0.1, 0.15) is 24.7 Å². The van der Waals surface area contributed by atoms with E-state index in [1.165, 1.54) is 19.6 Å². The van der Waals surface area contributed by atoms with E-state index >= 15 is 9.59 Å². The van der Waals surface area contributed by atoms with Gasteiger partial charge in [-0.2, -0.15) is 0 Å². The Kier molecular flexibility index (Phi) is 20.3. The summed E-state index contributed by atoms with van der Waals surface area (Å²) in [5.41, 5.74) is 5.98. The van der Waals surface area contributed by atoms with Gasteiger partial charge in [0.2, 0.25) is 0 Å². The van der Waals surface area contributed by atoms with Crippen molar-refractivity contribution in [3.8, 4) is 46.6 Å². The molecule has 0 spiro atoms. The van der Waals surface area contributed by atoms with Crippen LogP contribution in [0.15, 0.2) is 109 Å².